The average Bonchev–Trinajstić information content (AvgIpc) is 3.25. The average molecular weight is 281 g/mol. The minimum atomic E-state index is -0.00512. The summed E-state index contributed by atoms with van der Waals surface area (Å²) in [5.74, 6) is 0.330. The fourth-order valence-electron chi connectivity index (χ4n) is 2.97. The number of nitrogens with one attached hydrogen (secondary N) is 2. The molecule has 106 valence electrons. The SMILES string of the molecule is O=C(c1n[nH]c2ccccc12)N1CC[C@H](c2ccn[nH]2)C1. The van der Waals surface area contributed by atoms with E-state index in [4.69, 9.17) is 0 Å². The Kier molecular flexibility index (Phi) is 2.73. The van der Waals surface area contributed by atoms with Gasteiger partial charge in [-0.15, -0.1) is 0 Å². The number of rotatable bonds is 2. The summed E-state index contributed by atoms with van der Waals surface area (Å²) in [4.78, 5) is 14.5. The molecule has 0 unspecified atom stereocenters. The number of nitrogens with zero attached hydrogens (tertiary/aromatic N) is 3. The first-order valence-corrected chi connectivity index (χ1v) is 7.04. The van der Waals surface area contributed by atoms with Crippen LogP contribution >= 0.6 is 0 Å². The lowest BCUT2D eigenvalue weighted by Gasteiger charge is -2.14. The number of para-hydroxylation sites is 1. The molecule has 3 aromatic rings. The fraction of sp³-hybridized carbons (Fsp3) is 0.267. The van der Waals surface area contributed by atoms with E-state index in [1.807, 2.05) is 35.2 Å². The van der Waals surface area contributed by atoms with Crippen LogP contribution in [0.4, 0.5) is 0 Å². The molecule has 2 N–H and O–H groups in total. The molecule has 1 saturated heterocycles. The molecular weight excluding hydrogens is 266 g/mol. The number of carbonyl (C=O) groups is 1. The second kappa shape index (κ2) is 4.73. The number of carbonyl (C=O) groups excluding carboxylic acids is 1. The molecule has 2 aromatic heterocycles. The molecule has 0 radical (unpaired) electrons. The molecule has 4 rings (SSSR count). The summed E-state index contributed by atoms with van der Waals surface area (Å²) in [7, 11) is 0. The van der Waals surface area contributed by atoms with Crippen LogP contribution in [0.5, 0.6) is 0 Å². The molecule has 1 aliphatic heterocycles. The molecule has 6 nitrogen and oxygen atoms in total. The van der Waals surface area contributed by atoms with Crippen molar-refractivity contribution in [2.75, 3.05) is 13.1 Å². The van der Waals surface area contributed by atoms with Gasteiger partial charge in [-0.25, -0.2) is 0 Å². The molecule has 3 heterocycles. The molecule has 0 aliphatic carbocycles. The van der Waals surface area contributed by atoms with Crippen molar-refractivity contribution in [2.24, 2.45) is 0 Å². The maximum absolute atomic E-state index is 12.7. The van der Waals surface area contributed by atoms with Gasteiger partial charge < -0.3 is 4.90 Å². The van der Waals surface area contributed by atoms with Crippen LogP contribution < -0.4 is 0 Å². The van der Waals surface area contributed by atoms with Crippen LogP contribution in [-0.4, -0.2) is 44.3 Å². The van der Waals surface area contributed by atoms with Crippen molar-refractivity contribution >= 4 is 16.8 Å². The van der Waals surface area contributed by atoms with E-state index in [1.165, 1.54) is 0 Å². The van der Waals surface area contributed by atoms with Gasteiger partial charge in [0.1, 0.15) is 0 Å². The van der Waals surface area contributed by atoms with Gasteiger partial charge in [0.25, 0.3) is 5.91 Å². The normalized spacial score (nSPS) is 18.5. The van der Waals surface area contributed by atoms with Crippen molar-refractivity contribution < 1.29 is 4.79 Å². The quantitative estimate of drug-likeness (QED) is 0.753. The lowest BCUT2D eigenvalue weighted by atomic mass is 10.1. The summed E-state index contributed by atoms with van der Waals surface area (Å²) >= 11 is 0. The van der Waals surface area contributed by atoms with Crippen molar-refractivity contribution in [3.63, 3.8) is 0 Å². The highest BCUT2D eigenvalue weighted by molar-refractivity contribution is 6.04. The van der Waals surface area contributed by atoms with Gasteiger partial charge in [-0.3, -0.25) is 15.0 Å². The Balaban J connectivity index is 1.58. The third kappa shape index (κ3) is 1.99. The van der Waals surface area contributed by atoms with Gasteiger partial charge in [0.05, 0.1) is 5.52 Å². The van der Waals surface area contributed by atoms with Crippen molar-refractivity contribution in [2.45, 2.75) is 12.3 Å². The van der Waals surface area contributed by atoms with Crippen molar-refractivity contribution in [3.8, 4) is 0 Å². The zero-order valence-electron chi connectivity index (χ0n) is 11.4. The third-order valence-electron chi connectivity index (χ3n) is 4.11. The summed E-state index contributed by atoms with van der Waals surface area (Å²) in [6, 6.07) is 9.68. The largest absolute Gasteiger partial charge is 0.337 e. The molecule has 1 aromatic carbocycles. The monoisotopic (exact) mass is 281 g/mol. The van der Waals surface area contributed by atoms with E-state index in [1.54, 1.807) is 6.20 Å². The van der Waals surface area contributed by atoms with Crippen LogP contribution in [0.1, 0.15) is 28.5 Å². The summed E-state index contributed by atoms with van der Waals surface area (Å²) < 4.78 is 0. The number of aromatic amines is 2. The second-order valence-electron chi connectivity index (χ2n) is 5.37. The predicted octanol–water partition coefficient (Wildman–Crippen LogP) is 1.92. The van der Waals surface area contributed by atoms with E-state index in [0.29, 0.717) is 18.2 Å². The molecular formula is C15H15N5O. The van der Waals surface area contributed by atoms with Gasteiger partial charge >= 0.3 is 0 Å². The van der Waals surface area contributed by atoms with Crippen LogP contribution in [0, 0.1) is 0 Å². The van der Waals surface area contributed by atoms with Crippen LogP contribution in [0.25, 0.3) is 10.9 Å². The summed E-state index contributed by atoms with van der Waals surface area (Å²) in [6.45, 7) is 1.46. The van der Waals surface area contributed by atoms with Crippen LogP contribution in [-0.2, 0) is 0 Å². The number of hydrogen-bond acceptors (Lipinski definition) is 3. The Morgan fingerprint density at radius 3 is 3.00 bits per heavy atom. The first-order chi connectivity index (χ1) is 10.3. The lowest BCUT2D eigenvalue weighted by molar-refractivity contribution is 0.0786. The van der Waals surface area contributed by atoms with E-state index >= 15 is 0 Å². The smallest absolute Gasteiger partial charge is 0.275 e. The molecule has 0 bridgehead atoms. The Bertz CT molecular complexity index is 776. The number of H-pyrrole nitrogens is 2. The Morgan fingerprint density at radius 1 is 1.24 bits per heavy atom. The van der Waals surface area contributed by atoms with Gasteiger partial charge in [-0.1, -0.05) is 18.2 Å². The Labute approximate surface area is 121 Å². The highest BCUT2D eigenvalue weighted by atomic mass is 16.2. The van der Waals surface area contributed by atoms with E-state index in [-0.39, 0.29) is 5.91 Å². The number of aromatic nitrogens is 4. The zero-order chi connectivity index (χ0) is 14.2. The minimum Gasteiger partial charge on any atom is -0.337 e. The topological polar surface area (TPSA) is 77.7 Å². The van der Waals surface area contributed by atoms with Crippen molar-refractivity contribution in [1.82, 2.24) is 25.3 Å². The van der Waals surface area contributed by atoms with Crippen LogP contribution in [0.2, 0.25) is 0 Å². The molecule has 1 aliphatic rings. The van der Waals surface area contributed by atoms with Crippen LogP contribution in [0.3, 0.4) is 0 Å². The van der Waals surface area contributed by atoms with E-state index in [9.17, 15) is 4.79 Å². The predicted molar refractivity (Wildman–Crippen MR) is 77.9 cm³/mol. The minimum absolute atomic E-state index is 0.00512. The van der Waals surface area contributed by atoms with Gasteiger partial charge in [0.15, 0.2) is 5.69 Å². The fourth-order valence-corrected chi connectivity index (χ4v) is 2.97. The van der Waals surface area contributed by atoms with E-state index in [0.717, 1.165) is 29.6 Å². The molecule has 1 fully saturated rings. The van der Waals surface area contributed by atoms with Crippen molar-refractivity contribution in [1.29, 1.82) is 0 Å². The van der Waals surface area contributed by atoms with E-state index in [2.05, 4.69) is 20.4 Å². The van der Waals surface area contributed by atoms with Gasteiger partial charge in [0, 0.05) is 36.3 Å². The molecule has 6 heteroatoms. The molecule has 0 spiro atoms. The second-order valence-corrected chi connectivity index (χ2v) is 5.37. The molecule has 0 saturated carbocycles. The number of amides is 1. The molecule has 21 heavy (non-hydrogen) atoms. The van der Waals surface area contributed by atoms with Crippen LogP contribution in [0.15, 0.2) is 36.5 Å². The lowest BCUT2D eigenvalue weighted by Crippen LogP contribution is -2.29. The number of benzene rings is 1. The Hall–Kier alpha value is -2.63. The maximum Gasteiger partial charge on any atom is 0.275 e. The summed E-state index contributed by atoms with van der Waals surface area (Å²) in [6.07, 6.45) is 2.71. The first kappa shape index (κ1) is 12.1. The first-order valence-electron chi connectivity index (χ1n) is 7.04. The zero-order valence-corrected chi connectivity index (χ0v) is 11.4. The standard InChI is InChI=1S/C15H15N5O/c21-15(14-11-3-1-2-4-13(11)18-19-14)20-8-6-10(9-20)12-5-7-16-17-12/h1-5,7,10H,6,8-9H2,(H,16,17)(H,18,19)/t10-/m0/s1. The Morgan fingerprint density at radius 2 is 2.14 bits per heavy atom. The molecule has 1 atom stereocenters. The highest BCUT2D eigenvalue weighted by Crippen LogP contribution is 2.27. The summed E-state index contributed by atoms with van der Waals surface area (Å²) in [5, 5.41) is 15.0. The number of likely N-dealkylation sites (tertiary alicyclic amines) is 1. The third-order valence-corrected chi connectivity index (χ3v) is 4.11. The van der Waals surface area contributed by atoms with Crippen molar-refractivity contribution in [3.05, 3.63) is 47.9 Å². The molecule has 1 amide bonds. The van der Waals surface area contributed by atoms with Gasteiger partial charge in [0.2, 0.25) is 0 Å². The van der Waals surface area contributed by atoms with Gasteiger partial charge in [-0.05, 0) is 18.6 Å². The van der Waals surface area contributed by atoms with E-state index < -0.39 is 0 Å². The number of fused-ring (bicyclic) bond motifs is 1. The number of hydrogen-bond donors (Lipinski definition) is 2. The summed E-state index contributed by atoms with van der Waals surface area (Å²) in [5.41, 5.74) is 2.50. The van der Waals surface area contributed by atoms with Gasteiger partial charge in [-0.2, -0.15) is 10.2 Å². The highest BCUT2D eigenvalue weighted by Gasteiger charge is 2.30. The maximum atomic E-state index is 12.7.